The molecule has 2 aromatic carbocycles. The Kier molecular flexibility index (Phi) is 5.71. The van der Waals surface area contributed by atoms with E-state index >= 15 is 0 Å². The third kappa shape index (κ3) is 3.41. The van der Waals surface area contributed by atoms with Crippen molar-refractivity contribution >= 4 is 23.5 Å². The van der Waals surface area contributed by atoms with Crippen LogP contribution in [0.2, 0.25) is 0 Å². The predicted molar refractivity (Wildman–Crippen MR) is 128 cm³/mol. The number of aryl methyl sites for hydroxylation is 1. The maximum Gasteiger partial charge on any atom is 0.341 e. The fraction of sp³-hybridized carbons (Fsp3) is 0.231. The number of anilines is 1. The van der Waals surface area contributed by atoms with Gasteiger partial charge in [-0.05, 0) is 25.5 Å². The summed E-state index contributed by atoms with van der Waals surface area (Å²) in [4.78, 5) is 41.7. The monoisotopic (exact) mass is 488 g/mol. The van der Waals surface area contributed by atoms with Crippen molar-refractivity contribution in [3.63, 3.8) is 0 Å². The molecular weight excluding hydrogens is 464 g/mol. The Morgan fingerprint density at radius 1 is 1.11 bits per heavy atom. The van der Waals surface area contributed by atoms with Gasteiger partial charge in [-0.2, -0.15) is 0 Å². The highest BCUT2D eigenvalue weighted by Gasteiger charge is 2.62. The number of aromatic nitrogens is 2. The fourth-order valence-corrected chi connectivity index (χ4v) is 4.85. The normalized spacial score (nSPS) is 18.1. The molecule has 0 saturated heterocycles. The summed E-state index contributed by atoms with van der Waals surface area (Å²) in [5.41, 5.74) is 6.93. The molecular formula is C26H24N4O6. The summed E-state index contributed by atoms with van der Waals surface area (Å²) >= 11 is 0. The molecule has 0 unspecified atom stereocenters. The second kappa shape index (κ2) is 8.88. The summed E-state index contributed by atoms with van der Waals surface area (Å²) in [7, 11) is 0. The Morgan fingerprint density at radius 3 is 2.58 bits per heavy atom. The molecule has 10 nitrogen and oxygen atoms in total. The van der Waals surface area contributed by atoms with Crippen molar-refractivity contribution in [3.05, 3.63) is 88.4 Å². The van der Waals surface area contributed by atoms with E-state index in [1.165, 1.54) is 4.90 Å². The van der Waals surface area contributed by atoms with Crippen LogP contribution in [0, 0.1) is 6.92 Å². The third-order valence-corrected chi connectivity index (χ3v) is 6.29. The van der Waals surface area contributed by atoms with Crippen LogP contribution in [-0.2, 0) is 35.9 Å². The standard InChI is InChI=1S/C26H24N4O6/c1-3-34-24(32)21-22(27)36-23-20(15(2)28-29-23)26(21)17-11-7-8-12-18(17)30(25(26)33)13-19(31)35-14-16-9-5-4-6-10-16/h4-12H,3,13-14,27H2,1-2H3,(H,28,29)/t26-/m0/s1. The van der Waals surface area contributed by atoms with Gasteiger partial charge in [-0.1, -0.05) is 48.5 Å². The Hall–Kier alpha value is -4.60. The highest BCUT2D eigenvalue weighted by molar-refractivity contribution is 6.19. The number of H-pyrrole nitrogens is 1. The number of aromatic amines is 1. The quantitative estimate of drug-likeness (QED) is 0.504. The van der Waals surface area contributed by atoms with Crippen molar-refractivity contribution in [2.24, 2.45) is 5.73 Å². The number of esters is 2. The molecule has 5 rings (SSSR count). The molecule has 0 aliphatic carbocycles. The topological polar surface area (TPSA) is 137 Å². The van der Waals surface area contributed by atoms with Crippen LogP contribution in [0.1, 0.15) is 29.3 Å². The molecule has 2 aliphatic heterocycles. The summed E-state index contributed by atoms with van der Waals surface area (Å²) in [5.74, 6) is -2.16. The zero-order valence-corrected chi connectivity index (χ0v) is 19.7. The number of carbonyl (C=O) groups is 3. The second-order valence-electron chi connectivity index (χ2n) is 8.40. The van der Waals surface area contributed by atoms with Gasteiger partial charge in [0.05, 0.1) is 12.2 Å². The van der Waals surface area contributed by atoms with E-state index < -0.39 is 23.3 Å². The number of nitrogens with two attached hydrogens (primary N) is 1. The summed E-state index contributed by atoms with van der Waals surface area (Å²) in [6.45, 7) is 3.13. The molecule has 3 aromatic rings. The van der Waals surface area contributed by atoms with Crippen molar-refractivity contribution in [2.45, 2.75) is 25.9 Å². The molecule has 1 amide bonds. The third-order valence-electron chi connectivity index (χ3n) is 6.29. The molecule has 3 N–H and O–H groups in total. The highest BCUT2D eigenvalue weighted by Crippen LogP contribution is 2.55. The van der Waals surface area contributed by atoms with E-state index in [-0.39, 0.29) is 37.1 Å². The van der Waals surface area contributed by atoms with Crippen LogP contribution < -0.4 is 15.4 Å². The molecule has 0 bridgehead atoms. The van der Waals surface area contributed by atoms with E-state index in [2.05, 4.69) is 10.2 Å². The van der Waals surface area contributed by atoms with E-state index in [0.717, 1.165) is 5.56 Å². The minimum Gasteiger partial charge on any atom is -0.462 e. The fourth-order valence-electron chi connectivity index (χ4n) is 4.85. The molecule has 1 atom stereocenters. The SMILES string of the molecule is CCOC(=O)C1=C(N)Oc2n[nH]c(C)c2[C@]12C(=O)N(CC(=O)OCc1ccccc1)c1ccccc12. The molecule has 184 valence electrons. The van der Waals surface area contributed by atoms with Crippen LogP contribution in [0.25, 0.3) is 0 Å². The summed E-state index contributed by atoms with van der Waals surface area (Å²) in [6, 6.07) is 16.1. The van der Waals surface area contributed by atoms with Crippen molar-refractivity contribution in [1.29, 1.82) is 0 Å². The highest BCUT2D eigenvalue weighted by atomic mass is 16.5. The molecule has 2 aliphatic rings. The van der Waals surface area contributed by atoms with Gasteiger partial charge in [-0.3, -0.25) is 19.6 Å². The van der Waals surface area contributed by atoms with E-state index in [4.69, 9.17) is 19.9 Å². The number of rotatable bonds is 6. The number of hydrogen-bond donors (Lipinski definition) is 2. The van der Waals surface area contributed by atoms with Crippen molar-refractivity contribution < 1.29 is 28.6 Å². The number of para-hydroxylation sites is 1. The number of nitrogens with zero attached hydrogens (tertiary/aromatic N) is 2. The van der Waals surface area contributed by atoms with Crippen molar-refractivity contribution in [3.8, 4) is 5.88 Å². The zero-order valence-electron chi connectivity index (χ0n) is 19.7. The van der Waals surface area contributed by atoms with Crippen molar-refractivity contribution in [1.82, 2.24) is 10.2 Å². The minimum absolute atomic E-state index is 0.0637. The number of nitrogens with one attached hydrogen (secondary N) is 1. The van der Waals surface area contributed by atoms with E-state index in [1.807, 2.05) is 30.3 Å². The Bertz CT molecular complexity index is 1400. The first-order valence-electron chi connectivity index (χ1n) is 11.4. The van der Waals surface area contributed by atoms with Crippen LogP contribution in [0.3, 0.4) is 0 Å². The lowest BCUT2D eigenvalue weighted by molar-refractivity contribution is -0.144. The van der Waals surface area contributed by atoms with E-state index in [9.17, 15) is 14.4 Å². The zero-order chi connectivity index (χ0) is 25.4. The number of benzene rings is 2. The molecule has 36 heavy (non-hydrogen) atoms. The second-order valence-corrected chi connectivity index (χ2v) is 8.40. The number of fused-ring (bicyclic) bond motifs is 4. The average Bonchev–Trinajstić information content (AvgIpc) is 3.35. The molecule has 0 radical (unpaired) electrons. The van der Waals surface area contributed by atoms with E-state index in [0.29, 0.717) is 22.5 Å². The molecule has 1 spiro atoms. The summed E-state index contributed by atoms with van der Waals surface area (Å²) in [6.07, 6.45) is 0. The van der Waals surface area contributed by atoms with Crippen LogP contribution in [-0.4, -0.2) is 41.2 Å². The Balaban J connectivity index is 1.60. The number of ether oxygens (including phenoxy) is 3. The largest absolute Gasteiger partial charge is 0.462 e. The van der Waals surface area contributed by atoms with Crippen LogP contribution in [0.5, 0.6) is 5.88 Å². The predicted octanol–water partition coefficient (Wildman–Crippen LogP) is 2.22. The van der Waals surface area contributed by atoms with Crippen LogP contribution in [0.15, 0.2) is 66.1 Å². The lowest BCUT2D eigenvalue weighted by atomic mass is 9.68. The van der Waals surface area contributed by atoms with Crippen LogP contribution >= 0.6 is 0 Å². The average molecular weight is 489 g/mol. The summed E-state index contributed by atoms with van der Waals surface area (Å²) in [5, 5.41) is 6.96. The lowest BCUT2D eigenvalue weighted by Crippen LogP contribution is -2.49. The first-order valence-corrected chi connectivity index (χ1v) is 11.4. The first-order chi connectivity index (χ1) is 17.4. The molecule has 10 heteroatoms. The van der Waals surface area contributed by atoms with Gasteiger partial charge in [0, 0.05) is 16.9 Å². The van der Waals surface area contributed by atoms with Gasteiger partial charge in [0.2, 0.25) is 17.7 Å². The Morgan fingerprint density at radius 2 is 1.83 bits per heavy atom. The van der Waals surface area contributed by atoms with Crippen LogP contribution in [0.4, 0.5) is 5.69 Å². The summed E-state index contributed by atoms with van der Waals surface area (Å²) < 4.78 is 16.4. The van der Waals surface area contributed by atoms with Gasteiger partial charge in [-0.15, -0.1) is 5.10 Å². The Labute approximate surface area is 206 Å². The minimum atomic E-state index is -1.71. The smallest absolute Gasteiger partial charge is 0.341 e. The lowest BCUT2D eigenvalue weighted by Gasteiger charge is -2.34. The van der Waals surface area contributed by atoms with Gasteiger partial charge < -0.3 is 19.9 Å². The van der Waals surface area contributed by atoms with Gasteiger partial charge in [0.25, 0.3) is 0 Å². The number of carbonyl (C=O) groups excluding carboxylic acids is 3. The van der Waals surface area contributed by atoms with Gasteiger partial charge >= 0.3 is 11.9 Å². The maximum absolute atomic E-state index is 14.4. The van der Waals surface area contributed by atoms with Gasteiger partial charge in [-0.25, -0.2) is 4.79 Å². The first kappa shape index (κ1) is 23.2. The van der Waals surface area contributed by atoms with Gasteiger partial charge in [0.1, 0.15) is 24.1 Å². The van der Waals surface area contributed by atoms with Gasteiger partial charge in [0.15, 0.2) is 0 Å². The molecule has 1 aromatic heterocycles. The number of hydrogen-bond acceptors (Lipinski definition) is 8. The van der Waals surface area contributed by atoms with Crippen molar-refractivity contribution in [2.75, 3.05) is 18.1 Å². The molecule has 0 fully saturated rings. The van der Waals surface area contributed by atoms with E-state index in [1.54, 1.807) is 38.1 Å². The number of amides is 1. The molecule has 3 heterocycles. The molecule has 0 saturated carbocycles. The maximum atomic E-state index is 14.4.